The molecule has 2 unspecified atom stereocenters. The van der Waals surface area contributed by atoms with Crippen molar-refractivity contribution in [3.63, 3.8) is 0 Å². The van der Waals surface area contributed by atoms with Crippen molar-refractivity contribution in [3.8, 4) is 5.75 Å². The number of nitrogens with zero attached hydrogens (tertiary/aromatic N) is 2. The lowest BCUT2D eigenvalue weighted by Crippen LogP contribution is -2.50. The van der Waals surface area contributed by atoms with Crippen LogP contribution in [0.3, 0.4) is 0 Å². The molecule has 0 aliphatic carbocycles. The second-order valence-corrected chi connectivity index (χ2v) is 7.77. The highest BCUT2D eigenvalue weighted by atomic mass is 35.5. The van der Waals surface area contributed by atoms with Gasteiger partial charge in [0.25, 0.3) is 0 Å². The molecule has 3 rings (SSSR count). The van der Waals surface area contributed by atoms with Crippen molar-refractivity contribution < 1.29 is 14.3 Å². The van der Waals surface area contributed by atoms with Crippen LogP contribution in [0.25, 0.3) is 0 Å². The minimum atomic E-state index is -0.0695. The van der Waals surface area contributed by atoms with Crippen LogP contribution in [0.4, 0.5) is 0 Å². The lowest BCUT2D eigenvalue weighted by molar-refractivity contribution is -0.142. The minimum absolute atomic E-state index is 0. The van der Waals surface area contributed by atoms with Gasteiger partial charge >= 0.3 is 0 Å². The van der Waals surface area contributed by atoms with Gasteiger partial charge in [-0.15, -0.1) is 12.4 Å². The number of likely N-dealkylation sites (tertiary alicyclic amines) is 1. The molecule has 0 saturated carbocycles. The zero-order valence-electron chi connectivity index (χ0n) is 17.3. The SMILES string of the molecule is CCCN(C(=O)C1CCCN(C(=O)CCOc2ccccc2)C1)C1CCNC1.Cl. The summed E-state index contributed by atoms with van der Waals surface area (Å²) >= 11 is 0. The molecule has 0 radical (unpaired) electrons. The molecule has 1 aromatic carbocycles. The summed E-state index contributed by atoms with van der Waals surface area (Å²) < 4.78 is 5.65. The summed E-state index contributed by atoms with van der Waals surface area (Å²) in [7, 11) is 0. The molecule has 2 heterocycles. The number of benzene rings is 1. The highest BCUT2D eigenvalue weighted by Gasteiger charge is 2.34. The molecule has 2 amide bonds. The summed E-state index contributed by atoms with van der Waals surface area (Å²) in [4.78, 5) is 29.7. The maximum atomic E-state index is 13.2. The number of carbonyl (C=O) groups excluding carboxylic acids is 2. The Balaban J connectivity index is 0.00000300. The van der Waals surface area contributed by atoms with Crippen LogP contribution in [-0.2, 0) is 9.59 Å². The predicted octanol–water partition coefficient (Wildman–Crippen LogP) is 2.72. The van der Waals surface area contributed by atoms with E-state index in [-0.39, 0.29) is 30.1 Å². The smallest absolute Gasteiger partial charge is 0.227 e. The van der Waals surface area contributed by atoms with Crippen molar-refractivity contribution in [1.82, 2.24) is 15.1 Å². The first-order chi connectivity index (χ1) is 13.7. The Bertz CT molecular complexity index is 637. The van der Waals surface area contributed by atoms with E-state index in [9.17, 15) is 9.59 Å². The van der Waals surface area contributed by atoms with Gasteiger partial charge in [0.05, 0.1) is 18.9 Å². The van der Waals surface area contributed by atoms with Crippen LogP contribution in [0.15, 0.2) is 30.3 Å². The zero-order valence-corrected chi connectivity index (χ0v) is 18.2. The first kappa shape index (κ1) is 23.5. The van der Waals surface area contributed by atoms with Gasteiger partial charge in [-0.1, -0.05) is 25.1 Å². The monoisotopic (exact) mass is 423 g/mol. The number of nitrogens with one attached hydrogen (secondary N) is 1. The summed E-state index contributed by atoms with van der Waals surface area (Å²) in [6, 6.07) is 9.85. The molecule has 1 N–H and O–H groups in total. The molecule has 162 valence electrons. The van der Waals surface area contributed by atoms with Crippen LogP contribution in [0, 0.1) is 5.92 Å². The van der Waals surface area contributed by atoms with Gasteiger partial charge in [-0.3, -0.25) is 9.59 Å². The van der Waals surface area contributed by atoms with E-state index in [0.717, 1.165) is 57.6 Å². The molecule has 0 aromatic heterocycles. The molecule has 2 fully saturated rings. The number of piperidine rings is 1. The molecule has 0 spiro atoms. The minimum Gasteiger partial charge on any atom is -0.493 e. The van der Waals surface area contributed by atoms with Crippen molar-refractivity contribution in [3.05, 3.63) is 30.3 Å². The molecule has 7 heteroatoms. The number of hydrogen-bond donors (Lipinski definition) is 1. The van der Waals surface area contributed by atoms with Gasteiger partial charge in [0, 0.05) is 32.2 Å². The first-order valence-corrected chi connectivity index (χ1v) is 10.7. The predicted molar refractivity (Wildman–Crippen MR) is 116 cm³/mol. The average molecular weight is 424 g/mol. The molecule has 2 aliphatic rings. The van der Waals surface area contributed by atoms with Gasteiger partial charge in [-0.05, 0) is 44.4 Å². The molecule has 29 heavy (non-hydrogen) atoms. The van der Waals surface area contributed by atoms with Crippen LogP contribution in [0.5, 0.6) is 5.75 Å². The Morgan fingerprint density at radius 2 is 2.03 bits per heavy atom. The quantitative estimate of drug-likeness (QED) is 0.698. The van der Waals surface area contributed by atoms with Crippen molar-refractivity contribution in [2.24, 2.45) is 5.92 Å². The highest BCUT2D eigenvalue weighted by Crippen LogP contribution is 2.22. The number of ether oxygens (including phenoxy) is 1. The topological polar surface area (TPSA) is 61.9 Å². The van der Waals surface area contributed by atoms with Gasteiger partial charge < -0.3 is 19.9 Å². The first-order valence-electron chi connectivity index (χ1n) is 10.7. The van der Waals surface area contributed by atoms with E-state index >= 15 is 0 Å². The van der Waals surface area contributed by atoms with Gasteiger partial charge in [0.2, 0.25) is 11.8 Å². The van der Waals surface area contributed by atoms with Gasteiger partial charge in [0.1, 0.15) is 5.75 Å². The number of para-hydroxylation sites is 1. The molecule has 2 aliphatic heterocycles. The van der Waals surface area contributed by atoms with Gasteiger partial charge in [-0.25, -0.2) is 0 Å². The average Bonchev–Trinajstić information content (AvgIpc) is 3.27. The molecular weight excluding hydrogens is 390 g/mol. The maximum Gasteiger partial charge on any atom is 0.227 e. The highest BCUT2D eigenvalue weighted by molar-refractivity contribution is 5.85. The van der Waals surface area contributed by atoms with Gasteiger partial charge in [-0.2, -0.15) is 0 Å². The summed E-state index contributed by atoms with van der Waals surface area (Å²) in [6.45, 7) is 6.45. The Labute approximate surface area is 180 Å². The third-order valence-electron chi connectivity index (χ3n) is 5.67. The zero-order chi connectivity index (χ0) is 19.8. The third-order valence-corrected chi connectivity index (χ3v) is 5.67. The Kier molecular flexibility index (Phi) is 9.74. The molecule has 6 nitrogen and oxygen atoms in total. The largest absolute Gasteiger partial charge is 0.493 e. The van der Waals surface area contributed by atoms with E-state index in [2.05, 4.69) is 17.1 Å². The molecule has 2 atom stereocenters. The van der Waals surface area contributed by atoms with E-state index in [1.54, 1.807) is 0 Å². The second kappa shape index (κ2) is 12.0. The fraction of sp³-hybridized carbons (Fsp3) is 0.636. The maximum absolute atomic E-state index is 13.2. The van der Waals surface area contributed by atoms with Gasteiger partial charge in [0.15, 0.2) is 0 Å². The van der Waals surface area contributed by atoms with Crippen LogP contribution < -0.4 is 10.1 Å². The second-order valence-electron chi connectivity index (χ2n) is 7.77. The molecule has 2 saturated heterocycles. The molecule has 0 bridgehead atoms. The van der Waals surface area contributed by atoms with Crippen molar-refractivity contribution in [2.45, 2.75) is 45.1 Å². The Hall–Kier alpha value is -1.79. The lowest BCUT2D eigenvalue weighted by Gasteiger charge is -2.37. The Morgan fingerprint density at radius 1 is 1.24 bits per heavy atom. The number of amides is 2. The van der Waals surface area contributed by atoms with Crippen LogP contribution in [0.1, 0.15) is 39.0 Å². The normalized spacial score (nSPS) is 21.3. The standard InChI is InChI=1S/C22H33N3O3.ClH/c1-2-13-25(19-10-12-23-16-19)22(27)18-7-6-14-24(17-18)21(26)11-15-28-20-8-4-3-5-9-20;/h3-5,8-9,18-19,23H,2,6-7,10-17H2,1H3;1H. The van der Waals surface area contributed by atoms with Crippen LogP contribution >= 0.6 is 12.4 Å². The van der Waals surface area contributed by atoms with Crippen LogP contribution in [-0.4, -0.2) is 67.0 Å². The molecule has 1 aromatic rings. The summed E-state index contributed by atoms with van der Waals surface area (Å²) in [5, 5.41) is 3.36. The van der Waals surface area contributed by atoms with Crippen molar-refractivity contribution >= 4 is 24.2 Å². The van der Waals surface area contributed by atoms with E-state index < -0.39 is 0 Å². The third kappa shape index (κ3) is 6.61. The lowest BCUT2D eigenvalue weighted by atomic mass is 9.95. The number of halogens is 1. The van der Waals surface area contributed by atoms with Crippen molar-refractivity contribution in [2.75, 3.05) is 39.3 Å². The fourth-order valence-electron chi connectivity index (χ4n) is 4.19. The number of rotatable bonds is 8. The fourth-order valence-corrected chi connectivity index (χ4v) is 4.19. The van der Waals surface area contributed by atoms with Crippen molar-refractivity contribution in [1.29, 1.82) is 0 Å². The van der Waals surface area contributed by atoms with E-state index in [1.165, 1.54) is 0 Å². The van der Waals surface area contributed by atoms with E-state index in [0.29, 0.717) is 25.6 Å². The van der Waals surface area contributed by atoms with E-state index in [1.807, 2.05) is 35.2 Å². The molecular formula is C22H34ClN3O3. The summed E-state index contributed by atoms with van der Waals surface area (Å²) in [5.74, 6) is 1.02. The Morgan fingerprint density at radius 3 is 2.72 bits per heavy atom. The number of hydrogen-bond acceptors (Lipinski definition) is 4. The van der Waals surface area contributed by atoms with Crippen LogP contribution in [0.2, 0.25) is 0 Å². The summed E-state index contributed by atoms with van der Waals surface area (Å²) in [6.07, 6.45) is 4.11. The summed E-state index contributed by atoms with van der Waals surface area (Å²) in [5.41, 5.74) is 0. The van der Waals surface area contributed by atoms with E-state index in [4.69, 9.17) is 4.74 Å². The number of carbonyl (C=O) groups is 2.